The van der Waals surface area contributed by atoms with Crippen LogP contribution in [-0.4, -0.2) is 21.8 Å². The number of urea groups is 1. The minimum Gasteiger partial charge on any atom is -0.467 e. The van der Waals surface area contributed by atoms with Gasteiger partial charge in [-0.1, -0.05) is 41.7 Å². The van der Waals surface area contributed by atoms with Crippen molar-refractivity contribution in [3.8, 4) is 0 Å². The van der Waals surface area contributed by atoms with Crippen molar-refractivity contribution in [1.82, 2.24) is 15.2 Å². The fourth-order valence-electron chi connectivity index (χ4n) is 2.73. The number of carbonyl (C=O) groups is 2. The van der Waals surface area contributed by atoms with Crippen LogP contribution in [0, 0.1) is 0 Å². The lowest BCUT2D eigenvalue weighted by molar-refractivity contribution is 0.0762. The molecule has 1 aliphatic heterocycles. The van der Waals surface area contributed by atoms with E-state index < -0.39 is 0 Å². The van der Waals surface area contributed by atoms with Gasteiger partial charge in [-0.2, -0.15) is 0 Å². The van der Waals surface area contributed by atoms with Crippen LogP contribution in [0.15, 0.2) is 53.1 Å². The Hall–Kier alpha value is -3.13. The molecule has 0 fully saturated rings. The minimum atomic E-state index is -0.387. The Balaban J connectivity index is 1.35. The molecule has 0 radical (unpaired) electrons. The van der Waals surface area contributed by atoms with E-state index in [1.54, 1.807) is 23.3 Å². The van der Waals surface area contributed by atoms with E-state index in [2.05, 4.69) is 15.6 Å². The third-order valence-corrected chi connectivity index (χ3v) is 4.92. The number of hydrogen-bond donors (Lipinski definition) is 2. The molecular weight excluding hydrogens is 352 g/mol. The summed E-state index contributed by atoms with van der Waals surface area (Å²) in [7, 11) is 0. The molecule has 132 valence electrons. The van der Waals surface area contributed by atoms with Gasteiger partial charge in [-0.05, 0) is 17.7 Å². The van der Waals surface area contributed by atoms with Crippen LogP contribution in [0.2, 0.25) is 0 Å². The van der Waals surface area contributed by atoms with Gasteiger partial charge < -0.3 is 14.6 Å². The number of aromatic nitrogens is 1. The van der Waals surface area contributed by atoms with Crippen molar-refractivity contribution in [3.63, 3.8) is 0 Å². The first kappa shape index (κ1) is 16.3. The fourth-order valence-corrected chi connectivity index (χ4v) is 3.69. The van der Waals surface area contributed by atoms with Gasteiger partial charge >= 0.3 is 6.03 Å². The molecular formula is C18H16N4O3S. The summed E-state index contributed by atoms with van der Waals surface area (Å²) in [5.41, 5.74) is 1.50. The molecule has 8 heteroatoms. The number of anilines is 1. The lowest BCUT2D eigenvalue weighted by atomic mass is 10.2. The van der Waals surface area contributed by atoms with Crippen molar-refractivity contribution in [2.75, 3.05) is 5.32 Å². The second kappa shape index (κ2) is 7.01. The summed E-state index contributed by atoms with van der Waals surface area (Å²) in [6, 6.07) is 13.0. The zero-order valence-corrected chi connectivity index (χ0v) is 14.6. The fraction of sp³-hybridized carbons (Fsp3) is 0.167. The molecule has 0 atom stereocenters. The van der Waals surface area contributed by atoms with E-state index >= 15 is 0 Å². The Morgan fingerprint density at radius 2 is 2.08 bits per heavy atom. The number of benzene rings is 1. The van der Waals surface area contributed by atoms with Crippen LogP contribution in [0.5, 0.6) is 0 Å². The molecule has 4 rings (SSSR count). The molecule has 26 heavy (non-hydrogen) atoms. The number of hydrogen-bond acceptors (Lipinski definition) is 5. The van der Waals surface area contributed by atoms with Gasteiger partial charge in [0, 0.05) is 6.54 Å². The molecule has 0 bridgehead atoms. The van der Waals surface area contributed by atoms with Crippen LogP contribution in [0.4, 0.5) is 9.93 Å². The van der Waals surface area contributed by atoms with Crippen LogP contribution in [0.3, 0.4) is 0 Å². The second-order valence-corrected chi connectivity index (χ2v) is 6.91. The van der Waals surface area contributed by atoms with Gasteiger partial charge in [-0.25, -0.2) is 9.78 Å². The lowest BCUT2D eigenvalue weighted by Crippen LogP contribution is -2.28. The number of rotatable bonds is 5. The lowest BCUT2D eigenvalue weighted by Gasteiger charge is -2.15. The Labute approximate surface area is 153 Å². The molecule has 7 nitrogen and oxygen atoms in total. The van der Waals surface area contributed by atoms with Gasteiger partial charge in [-0.15, -0.1) is 0 Å². The average Bonchev–Trinajstić information content (AvgIpc) is 3.34. The summed E-state index contributed by atoms with van der Waals surface area (Å²) in [6.45, 7) is 1.35. The molecule has 2 N–H and O–H groups in total. The highest BCUT2D eigenvalue weighted by Gasteiger charge is 2.32. The topological polar surface area (TPSA) is 87.5 Å². The smallest absolute Gasteiger partial charge is 0.321 e. The maximum Gasteiger partial charge on any atom is 0.321 e. The third kappa shape index (κ3) is 3.45. The SMILES string of the molecule is O=C(NCc1ccco1)Nc1nc2c(s1)CN(Cc1ccccc1)C2=O. The monoisotopic (exact) mass is 368 g/mol. The summed E-state index contributed by atoms with van der Waals surface area (Å²) in [5.74, 6) is 0.553. The zero-order chi connectivity index (χ0) is 17.9. The molecule has 0 saturated carbocycles. The van der Waals surface area contributed by atoms with Crippen molar-refractivity contribution in [3.05, 3.63) is 70.6 Å². The van der Waals surface area contributed by atoms with Crippen LogP contribution in [-0.2, 0) is 19.6 Å². The van der Waals surface area contributed by atoms with Crippen molar-refractivity contribution >= 4 is 28.4 Å². The highest BCUT2D eigenvalue weighted by atomic mass is 32.1. The van der Waals surface area contributed by atoms with Gasteiger partial charge in [0.2, 0.25) is 0 Å². The van der Waals surface area contributed by atoms with E-state index in [1.807, 2.05) is 30.3 Å². The van der Waals surface area contributed by atoms with Gasteiger partial charge in [0.25, 0.3) is 5.91 Å². The zero-order valence-electron chi connectivity index (χ0n) is 13.8. The maximum atomic E-state index is 12.5. The summed E-state index contributed by atoms with van der Waals surface area (Å²) >= 11 is 1.32. The van der Waals surface area contributed by atoms with E-state index in [-0.39, 0.29) is 18.5 Å². The summed E-state index contributed by atoms with van der Waals surface area (Å²) in [4.78, 5) is 31.3. The predicted molar refractivity (Wildman–Crippen MR) is 96.7 cm³/mol. The molecule has 3 aromatic rings. The van der Waals surface area contributed by atoms with E-state index in [4.69, 9.17) is 4.42 Å². The average molecular weight is 368 g/mol. The van der Waals surface area contributed by atoms with Crippen molar-refractivity contribution in [1.29, 1.82) is 0 Å². The Morgan fingerprint density at radius 1 is 1.23 bits per heavy atom. The Bertz CT molecular complexity index is 921. The third-order valence-electron chi connectivity index (χ3n) is 3.96. The van der Waals surface area contributed by atoms with Crippen molar-refractivity contribution in [2.24, 2.45) is 0 Å². The first-order valence-corrected chi connectivity index (χ1v) is 8.91. The van der Waals surface area contributed by atoms with Gasteiger partial charge in [0.15, 0.2) is 5.13 Å². The molecule has 3 heterocycles. The van der Waals surface area contributed by atoms with Gasteiger partial charge in [0.05, 0.1) is 24.2 Å². The summed E-state index contributed by atoms with van der Waals surface area (Å²) in [6.07, 6.45) is 1.55. The first-order valence-electron chi connectivity index (χ1n) is 8.09. The highest BCUT2D eigenvalue weighted by molar-refractivity contribution is 7.16. The van der Waals surface area contributed by atoms with Gasteiger partial charge in [-0.3, -0.25) is 10.1 Å². The number of amides is 3. The van der Waals surface area contributed by atoms with E-state index in [9.17, 15) is 9.59 Å². The Morgan fingerprint density at radius 3 is 2.81 bits per heavy atom. The molecule has 1 aromatic carbocycles. The van der Waals surface area contributed by atoms with Crippen LogP contribution >= 0.6 is 11.3 Å². The van der Waals surface area contributed by atoms with Crippen LogP contribution < -0.4 is 10.6 Å². The van der Waals surface area contributed by atoms with E-state index in [1.165, 1.54) is 11.3 Å². The molecule has 0 aliphatic carbocycles. The molecule has 0 spiro atoms. The first-order chi connectivity index (χ1) is 12.7. The number of carbonyl (C=O) groups excluding carboxylic acids is 2. The van der Waals surface area contributed by atoms with E-state index in [0.29, 0.717) is 29.7 Å². The van der Waals surface area contributed by atoms with Crippen molar-refractivity contribution < 1.29 is 14.0 Å². The number of fused-ring (bicyclic) bond motifs is 1. The number of nitrogens with zero attached hydrogens (tertiary/aromatic N) is 2. The largest absolute Gasteiger partial charge is 0.467 e. The molecule has 0 unspecified atom stereocenters. The molecule has 1 aliphatic rings. The minimum absolute atomic E-state index is 0.107. The molecule has 0 saturated heterocycles. The van der Waals surface area contributed by atoms with Gasteiger partial charge in [0.1, 0.15) is 11.5 Å². The number of nitrogens with one attached hydrogen (secondary N) is 2. The molecule has 2 aromatic heterocycles. The second-order valence-electron chi connectivity index (χ2n) is 5.82. The predicted octanol–water partition coefficient (Wildman–Crippen LogP) is 3.21. The molecule has 3 amide bonds. The standard InChI is InChI=1S/C18H16N4O3S/c23-16-15-14(11-22(16)10-12-5-2-1-3-6-12)26-18(20-15)21-17(24)19-9-13-7-4-8-25-13/h1-8H,9-11H2,(H2,19,20,21,24). The normalized spacial score (nSPS) is 12.9. The quantitative estimate of drug-likeness (QED) is 0.724. The maximum absolute atomic E-state index is 12.5. The van der Waals surface area contributed by atoms with E-state index in [0.717, 1.165) is 10.4 Å². The van der Waals surface area contributed by atoms with Crippen molar-refractivity contribution in [2.45, 2.75) is 19.6 Å². The number of thiazole rings is 1. The summed E-state index contributed by atoms with van der Waals surface area (Å²) in [5, 5.41) is 5.76. The summed E-state index contributed by atoms with van der Waals surface area (Å²) < 4.78 is 5.15. The van der Waals surface area contributed by atoms with Crippen LogP contribution in [0.25, 0.3) is 0 Å². The number of furan rings is 1. The highest BCUT2D eigenvalue weighted by Crippen LogP contribution is 2.31. The van der Waals surface area contributed by atoms with Crippen LogP contribution in [0.1, 0.15) is 26.7 Å². The Kier molecular flexibility index (Phi) is 4.40.